The first-order chi connectivity index (χ1) is 12.1. The summed E-state index contributed by atoms with van der Waals surface area (Å²) < 4.78 is 6.78. The SMILES string of the molecule is CCOC(=O)CCCCn1nncc1/C=C1\CNCCC1SC(C)=O. The lowest BCUT2D eigenvalue weighted by Gasteiger charge is -2.24. The molecule has 0 radical (unpaired) electrons. The minimum absolute atomic E-state index is 0.142. The molecule has 138 valence electrons. The van der Waals surface area contributed by atoms with Gasteiger partial charge in [-0.25, -0.2) is 4.68 Å². The monoisotopic (exact) mass is 366 g/mol. The van der Waals surface area contributed by atoms with E-state index >= 15 is 0 Å². The molecule has 0 bridgehead atoms. The smallest absolute Gasteiger partial charge is 0.305 e. The molecule has 2 heterocycles. The Kier molecular flexibility index (Phi) is 8.14. The molecule has 7 nitrogen and oxygen atoms in total. The molecule has 0 aromatic carbocycles. The third kappa shape index (κ3) is 6.62. The minimum Gasteiger partial charge on any atom is -0.466 e. The highest BCUT2D eigenvalue weighted by Crippen LogP contribution is 2.26. The molecule has 1 aliphatic rings. The molecule has 1 fully saturated rings. The first-order valence-corrected chi connectivity index (χ1v) is 9.60. The molecule has 1 aliphatic heterocycles. The summed E-state index contributed by atoms with van der Waals surface area (Å²) >= 11 is 1.39. The number of carbonyl (C=O) groups is 2. The molecule has 1 saturated heterocycles. The van der Waals surface area contributed by atoms with Crippen molar-refractivity contribution in [2.75, 3.05) is 19.7 Å². The first kappa shape index (κ1) is 19.7. The molecule has 0 amide bonds. The second-order valence-electron chi connectivity index (χ2n) is 5.93. The van der Waals surface area contributed by atoms with Crippen LogP contribution in [0.15, 0.2) is 11.8 Å². The molecule has 8 heteroatoms. The fourth-order valence-electron chi connectivity index (χ4n) is 2.75. The Morgan fingerprint density at radius 1 is 1.48 bits per heavy atom. The lowest BCUT2D eigenvalue weighted by atomic mass is 10.0. The second-order valence-corrected chi connectivity index (χ2v) is 7.31. The number of carbonyl (C=O) groups excluding carboxylic acids is 2. The number of unbranched alkanes of at least 4 members (excludes halogenated alkanes) is 1. The molecule has 25 heavy (non-hydrogen) atoms. The van der Waals surface area contributed by atoms with Gasteiger partial charge in [0.2, 0.25) is 0 Å². The Bertz CT molecular complexity index is 615. The molecule has 0 spiro atoms. The van der Waals surface area contributed by atoms with Crippen LogP contribution in [0.2, 0.25) is 0 Å². The van der Waals surface area contributed by atoms with Crippen LogP contribution in [-0.4, -0.2) is 51.0 Å². The van der Waals surface area contributed by atoms with Crippen LogP contribution < -0.4 is 5.32 Å². The largest absolute Gasteiger partial charge is 0.466 e. The molecule has 0 aliphatic carbocycles. The maximum Gasteiger partial charge on any atom is 0.305 e. The van der Waals surface area contributed by atoms with Gasteiger partial charge in [0.25, 0.3) is 0 Å². The number of esters is 1. The average Bonchev–Trinajstić information content (AvgIpc) is 3.00. The highest BCUT2D eigenvalue weighted by molar-refractivity contribution is 8.14. The predicted octanol–water partition coefficient (Wildman–Crippen LogP) is 2.04. The standard InChI is InChI=1S/C17H26N4O3S/c1-3-24-17(23)6-4-5-9-21-15(12-19-20-21)10-14-11-18-8-7-16(14)25-13(2)22/h10,12,16,18H,3-9,11H2,1-2H3/b14-10+. The van der Waals surface area contributed by atoms with E-state index in [4.69, 9.17) is 4.74 Å². The molecule has 1 N–H and O–H groups in total. The number of hydrogen-bond acceptors (Lipinski definition) is 7. The average molecular weight is 366 g/mol. The summed E-state index contributed by atoms with van der Waals surface area (Å²) in [4.78, 5) is 22.8. The van der Waals surface area contributed by atoms with Crippen LogP contribution in [-0.2, 0) is 20.9 Å². The number of nitrogens with zero attached hydrogens (tertiary/aromatic N) is 3. The summed E-state index contributed by atoms with van der Waals surface area (Å²) in [5.41, 5.74) is 2.13. The summed E-state index contributed by atoms with van der Waals surface area (Å²) in [5.74, 6) is -0.152. The van der Waals surface area contributed by atoms with Crippen molar-refractivity contribution in [3.63, 3.8) is 0 Å². The van der Waals surface area contributed by atoms with Crippen LogP contribution in [0, 0.1) is 0 Å². The topological polar surface area (TPSA) is 86.1 Å². The lowest BCUT2D eigenvalue weighted by Crippen LogP contribution is -2.32. The fraction of sp³-hybridized carbons (Fsp3) is 0.647. The summed E-state index contributed by atoms with van der Waals surface area (Å²) in [7, 11) is 0. The number of piperidine rings is 1. The highest BCUT2D eigenvalue weighted by atomic mass is 32.2. The van der Waals surface area contributed by atoms with Gasteiger partial charge in [-0.1, -0.05) is 17.0 Å². The van der Waals surface area contributed by atoms with Crippen LogP contribution in [0.3, 0.4) is 0 Å². The zero-order chi connectivity index (χ0) is 18.1. The van der Waals surface area contributed by atoms with Gasteiger partial charge in [0.1, 0.15) is 0 Å². The van der Waals surface area contributed by atoms with Gasteiger partial charge in [0.15, 0.2) is 5.12 Å². The van der Waals surface area contributed by atoms with Crippen molar-refractivity contribution in [3.8, 4) is 0 Å². The van der Waals surface area contributed by atoms with E-state index < -0.39 is 0 Å². The van der Waals surface area contributed by atoms with Gasteiger partial charge in [0, 0.05) is 31.7 Å². The summed E-state index contributed by atoms with van der Waals surface area (Å²) in [6, 6.07) is 0. The Labute approximate surface area is 152 Å². The van der Waals surface area contributed by atoms with Crippen molar-refractivity contribution in [2.24, 2.45) is 0 Å². The Balaban J connectivity index is 1.93. The molecule has 1 aromatic heterocycles. The van der Waals surface area contributed by atoms with E-state index in [2.05, 4.69) is 21.7 Å². The van der Waals surface area contributed by atoms with E-state index in [-0.39, 0.29) is 16.3 Å². The van der Waals surface area contributed by atoms with Gasteiger partial charge >= 0.3 is 5.97 Å². The van der Waals surface area contributed by atoms with Crippen molar-refractivity contribution in [3.05, 3.63) is 17.5 Å². The van der Waals surface area contributed by atoms with Crippen molar-refractivity contribution in [1.29, 1.82) is 0 Å². The van der Waals surface area contributed by atoms with Crippen molar-refractivity contribution in [2.45, 2.75) is 51.3 Å². The molecule has 1 unspecified atom stereocenters. The molecule has 0 saturated carbocycles. The zero-order valence-corrected chi connectivity index (χ0v) is 15.7. The zero-order valence-electron chi connectivity index (χ0n) is 14.9. The van der Waals surface area contributed by atoms with Crippen LogP contribution in [0.4, 0.5) is 0 Å². The van der Waals surface area contributed by atoms with Crippen LogP contribution in [0.1, 0.15) is 45.2 Å². The Hall–Kier alpha value is -1.67. The van der Waals surface area contributed by atoms with Gasteiger partial charge in [-0.05, 0) is 44.4 Å². The minimum atomic E-state index is -0.152. The van der Waals surface area contributed by atoms with Gasteiger partial charge in [-0.15, -0.1) is 5.10 Å². The maximum atomic E-state index is 11.5. The van der Waals surface area contributed by atoms with Crippen molar-refractivity contribution in [1.82, 2.24) is 20.3 Å². The predicted molar refractivity (Wildman–Crippen MR) is 98.0 cm³/mol. The fourth-order valence-corrected chi connectivity index (χ4v) is 3.69. The Morgan fingerprint density at radius 2 is 2.32 bits per heavy atom. The number of rotatable bonds is 8. The number of aromatic nitrogens is 3. The van der Waals surface area contributed by atoms with E-state index in [0.29, 0.717) is 19.6 Å². The number of hydrogen-bond donors (Lipinski definition) is 1. The van der Waals surface area contributed by atoms with E-state index in [1.165, 1.54) is 17.3 Å². The number of thioether (sulfide) groups is 1. The van der Waals surface area contributed by atoms with Crippen LogP contribution in [0.5, 0.6) is 0 Å². The van der Waals surface area contributed by atoms with Crippen molar-refractivity contribution < 1.29 is 14.3 Å². The van der Waals surface area contributed by atoms with Gasteiger partial charge < -0.3 is 10.1 Å². The van der Waals surface area contributed by atoms with E-state index in [1.54, 1.807) is 13.1 Å². The van der Waals surface area contributed by atoms with Crippen LogP contribution >= 0.6 is 11.8 Å². The third-order valence-corrected chi connectivity index (χ3v) is 5.08. The Morgan fingerprint density at radius 3 is 3.08 bits per heavy atom. The van der Waals surface area contributed by atoms with Crippen LogP contribution in [0.25, 0.3) is 6.08 Å². The second kappa shape index (κ2) is 10.4. The normalized spacial score (nSPS) is 19.1. The highest BCUT2D eigenvalue weighted by Gasteiger charge is 2.21. The number of nitrogens with one attached hydrogen (secondary N) is 1. The summed E-state index contributed by atoms with van der Waals surface area (Å²) in [5, 5.41) is 11.8. The quantitative estimate of drug-likeness (QED) is 0.556. The molecule has 2 rings (SSSR count). The van der Waals surface area contributed by atoms with E-state index in [1.807, 2.05) is 11.6 Å². The molecular weight excluding hydrogens is 340 g/mol. The van der Waals surface area contributed by atoms with E-state index in [0.717, 1.165) is 38.0 Å². The van der Waals surface area contributed by atoms with Crippen molar-refractivity contribution >= 4 is 28.9 Å². The molecule has 1 atom stereocenters. The summed E-state index contributed by atoms with van der Waals surface area (Å²) in [6.45, 7) is 6.25. The van der Waals surface area contributed by atoms with Gasteiger partial charge in [-0.2, -0.15) is 0 Å². The lowest BCUT2D eigenvalue weighted by molar-refractivity contribution is -0.143. The van der Waals surface area contributed by atoms with Gasteiger partial charge in [-0.3, -0.25) is 9.59 Å². The maximum absolute atomic E-state index is 11.5. The van der Waals surface area contributed by atoms with Gasteiger partial charge in [0.05, 0.1) is 18.5 Å². The molecule has 1 aromatic rings. The van der Waals surface area contributed by atoms with E-state index in [9.17, 15) is 9.59 Å². The molecular formula is C17H26N4O3S. The number of ether oxygens (including phenoxy) is 1. The first-order valence-electron chi connectivity index (χ1n) is 8.72. The number of aryl methyl sites for hydroxylation is 1. The third-order valence-electron chi connectivity index (χ3n) is 3.92. The summed E-state index contributed by atoms with van der Waals surface area (Å²) in [6.07, 6.45) is 6.79.